The molecule has 57 heavy (non-hydrogen) atoms. The fourth-order valence-electron chi connectivity index (χ4n) is 9.18. The van der Waals surface area contributed by atoms with Gasteiger partial charge in [0.25, 0.3) is 0 Å². The molecule has 3 aromatic heterocycles. The summed E-state index contributed by atoms with van der Waals surface area (Å²) in [6.07, 6.45) is 7.42. The molecule has 0 N–H and O–H groups in total. The van der Waals surface area contributed by atoms with Crippen molar-refractivity contribution in [2.75, 3.05) is 4.90 Å². The lowest BCUT2D eigenvalue weighted by molar-refractivity contribution is 0.667. The van der Waals surface area contributed by atoms with E-state index in [1.54, 1.807) is 6.33 Å². The van der Waals surface area contributed by atoms with Crippen LogP contribution in [0, 0.1) is 0 Å². The minimum atomic E-state index is 0.265. The zero-order valence-electron chi connectivity index (χ0n) is 30.9. The Kier molecular flexibility index (Phi) is 6.99. The summed E-state index contributed by atoms with van der Waals surface area (Å²) in [6, 6.07) is 61.1. The molecule has 0 fully saturated rings. The van der Waals surface area contributed by atoms with Crippen LogP contribution in [0.25, 0.3) is 83.1 Å². The van der Waals surface area contributed by atoms with Crippen molar-refractivity contribution in [2.45, 2.75) is 12.5 Å². The van der Waals surface area contributed by atoms with Gasteiger partial charge in [0, 0.05) is 44.3 Å². The van der Waals surface area contributed by atoms with Crippen LogP contribution < -0.4 is 4.90 Å². The average Bonchev–Trinajstić information content (AvgIpc) is 3.94. The lowest BCUT2D eigenvalue weighted by Gasteiger charge is -2.29. The van der Waals surface area contributed by atoms with E-state index in [4.69, 9.17) is 4.42 Å². The molecule has 4 heterocycles. The predicted molar refractivity (Wildman–Crippen MR) is 234 cm³/mol. The van der Waals surface area contributed by atoms with E-state index < -0.39 is 0 Å². The number of anilines is 2. The Morgan fingerprint density at radius 1 is 0.544 bits per heavy atom. The minimum Gasteiger partial charge on any atom is -0.452 e. The molecule has 5 nitrogen and oxygen atoms in total. The van der Waals surface area contributed by atoms with Crippen LogP contribution >= 0.6 is 0 Å². The lowest BCUT2D eigenvalue weighted by Crippen LogP contribution is -2.27. The molecular formula is C52H34N4O. The van der Waals surface area contributed by atoms with Crippen LogP contribution in [0.4, 0.5) is 11.4 Å². The molecule has 1 aliphatic heterocycles. The summed E-state index contributed by atoms with van der Waals surface area (Å²) < 4.78 is 8.68. The molecule has 268 valence electrons. The van der Waals surface area contributed by atoms with Gasteiger partial charge >= 0.3 is 0 Å². The standard InChI is InChI=1S/C52H34N4O/c1-3-11-33(12-4-1)35-21-26-47-43(29-35)44-31-37(36-22-27-46-42(30-36)40-15-7-9-17-45(40)55(46)38-13-5-2-6-14-38)23-28-48(44)56(47)39-24-19-34(20-25-39)50-52-51(54-32-53-50)41-16-8-10-18-49(41)57-52/h1-26,28-32,46H,27H2. The molecule has 1 aliphatic carbocycles. The number of benzene rings is 7. The number of furan rings is 1. The highest BCUT2D eigenvalue weighted by Gasteiger charge is 2.35. The largest absolute Gasteiger partial charge is 0.452 e. The van der Waals surface area contributed by atoms with Crippen LogP contribution in [-0.2, 0) is 0 Å². The van der Waals surface area contributed by atoms with Crippen LogP contribution in [0.1, 0.15) is 17.5 Å². The number of fused-ring (bicyclic) bond motifs is 9. The summed E-state index contributed by atoms with van der Waals surface area (Å²) in [5.41, 5.74) is 17.6. The van der Waals surface area contributed by atoms with Gasteiger partial charge in [0.1, 0.15) is 23.1 Å². The molecule has 2 aliphatic rings. The number of para-hydroxylation sites is 3. The van der Waals surface area contributed by atoms with E-state index in [0.717, 1.165) is 50.9 Å². The smallest absolute Gasteiger partial charge is 0.180 e. The zero-order valence-corrected chi connectivity index (χ0v) is 30.9. The molecule has 0 spiro atoms. The average molecular weight is 731 g/mol. The first kappa shape index (κ1) is 31.8. The van der Waals surface area contributed by atoms with Gasteiger partial charge in [0.15, 0.2) is 5.58 Å². The van der Waals surface area contributed by atoms with Crippen molar-refractivity contribution in [1.29, 1.82) is 0 Å². The molecule has 7 aromatic carbocycles. The van der Waals surface area contributed by atoms with Gasteiger partial charge in [0.2, 0.25) is 0 Å². The maximum atomic E-state index is 6.29. The molecule has 0 amide bonds. The highest BCUT2D eigenvalue weighted by atomic mass is 16.3. The summed E-state index contributed by atoms with van der Waals surface area (Å²) >= 11 is 0. The van der Waals surface area contributed by atoms with Crippen LogP contribution in [0.15, 0.2) is 193 Å². The van der Waals surface area contributed by atoms with Crippen molar-refractivity contribution < 1.29 is 4.42 Å². The highest BCUT2D eigenvalue weighted by molar-refractivity contribution is 6.12. The predicted octanol–water partition coefficient (Wildman–Crippen LogP) is 13.2. The van der Waals surface area contributed by atoms with E-state index in [2.05, 4.69) is 177 Å². The van der Waals surface area contributed by atoms with Crippen LogP contribution in [-0.4, -0.2) is 20.6 Å². The molecule has 12 rings (SSSR count). The number of hydrogen-bond donors (Lipinski definition) is 0. The number of allylic oxidation sites excluding steroid dienone is 2. The Balaban J connectivity index is 0.984. The normalized spacial score (nSPS) is 14.9. The maximum absolute atomic E-state index is 6.29. The third-order valence-corrected chi connectivity index (χ3v) is 11.8. The second-order valence-corrected chi connectivity index (χ2v) is 14.9. The summed E-state index contributed by atoms with van der Waals surface area (Å²) in [5.74, 6) is 0. The number of nitrogens with zero attached hydrogens (tertiary/aromatic N) is 4. The van der Waals surface area contributed by atoms with Gasteiger partial charge in [-0.05, 0) is 107 Å². The third-order valence-electron chi connectivity index (χ3n) is 11.8. The zero-order chi connectivity index (χ0) is 37.5. The van der Waals surface area contributed by atoms with E-state index in [0.29, 0.717) is 5.58 Å². The van der Waals surface area contributed by atoms with Crippen LogP contribution in [0.5, 0.6) is 0 Å². The van der Waals surface area contributed by atoms with Crippen LogP contribution in [0.2, 0.25) is 0 Å². The molecule has 10 aromatic rings. The summed E-state index contributed by atoms with van der Waals surface area (Å²) in [4.78, 5) is 11.8. The number of hydrogen-bond acceptors (Lipinski definition) is 4. The van der Waals surface area contributed by atoms with E-state index in [9.17, 15) is 0 Å². The van der Waals surface area contributed by atoms with E-state index in [1.807, 2.05) is 24.3 Å². The van der Waals surface area contributed by atoms with Crippen molar-refractivity contribution in [3.8, 4) is 28.1 Å². The Morgan fingerprint density at radius 2 is 1.23 bits per heavy atom. The van der Waals surface area contributed by atoms with Gasteiger partial charge in [-0.25, -0.2) is 9.97 Å². The lowest BCUT2D eigenvalue weighted by atomic mass is 9.89. The quantitative estimate of drug-likeness (QED) is 0.177. The Morgan fingerprint density at radius 3 is 2.05 bits per heavy atom. The second-order valence-electron chi connectivity index (χ2n) is 14.9. The van der Waals surface area contributed by atoms with E-state index in [-0.39, 0.29) is 6.04 Å². The highest BCUT2D eigenvalue weighted by Crippen LogP contribution is 2.49. The molecular weight excluding hydrogens is 697 g/mol. The number of aromatic nitrogens is 3. The van der Waals surface area contributed by atoms with Gasteiger partial charge in [-0.1, -0.05) is 109 Å². The Hall–Kier alpha value is -7.50. The first-order valence-corrected chi connectivity index (χ1v) is 19.5. The van der Waals surface area contributed by atoms with Crippen molar-refractivity contribution in [1.82, 2.24) is 14.5 Å². The van der Waals surface area contributed by atoms with Gasteiger partial charge in [-0.3, -0.25) is 0 Å². The van der Waals surface area contributed by atoms with Crippen molar-refractivity contribution in [2.24, 2.45) is 0 Å². The Bertz CT molecular complexity index is 3260. The first-order chi connectivity index (χ1) is 28.3. The molecule has 1 unspecified atom stereocenters. The summed E-state index contributed by atoms with van der Waals surface area (Å²) in [6.45, 7) is 0. The van der Waals surface area contributed by atoms with Gasteiger partial charge < -0.3 is 13.9 Å². The summed E-state index contributed by atoms with van der Waals surface area (Å²) in [5, 5.41) is 3.44. The van der Waals surface area contributed by atoms with E-state index >= 15 is 0 Å². The molecule has 0 radical (unpaired) electrons. The molecule has 5 heteroatoms. The van der Waals surface area contributed by atoms with Crippen molar-refractivity contribution in [3.63, 3.8) is 0 Å². The molecule has 0 saturated carbocycles. The SMILES string of the molecule is C1=C(c2ccc3c(c2)c2cc(-c4ccccc4)ccc2n3-c2ccc(-c3ncnc4c3oc3ccccc34)cc2)C=C2c3ccccc3N(c3ccccc3)C2C1. The second kappa shape index (κ2) is 12.5. The molecule has 0 saturated heterocycles. The molecule has 1 atom stereocenters. The fraction of sp³-hybridized carbons (Fsp3) is 0.0385. The van der Waals surface area contributed by atoms with Crippen molar-refractivity contribution >= 4 is 66.4 Å². The minimum absolute atomic E-state index is 0.265. The van der Waals surface area contributed by atoms with Crippen molar-refractivity contribution in [3.05, 3.63) is 199 Å². The molecule has 0 bridgehead atoms. The van der Waals surface area contributed by atoms with Gasteiger partial charge in [-0.2, -0.15) is 0 Å². The van der Waals surface area contributed by atoms with Gasteiger partial charge in [0.05, 0.1) is 17.1 Å². The monoisotopic (exact) mass is 730 g/mol. The van der Waals surface area contributed by atoms with Gasteiger partial charge in [-0.15, -0.1) is 0 Å². The van der Waals surface area contributed by atoms with E-state index in [1.165, 1.54) is 55.5 Å². The van der Waals surface area contributed by atoms with Crippen LogP contribution in [0.3, 0.4) is 0 Å². The maximum Gasteiger partial charge on any atom is 0.180 e. The topological polar surface area (TPSA) is 47.1 Å². The number of rotatable bonds is 5. The summed E-state index contributed by atoms with van der Waals surface area (Å²) in [7, 11) is 0. The fourth-order valence-corrected chi connectivity index (χ4v) is 9.18. The third kappa shape index (κ3) is 4.95. The first-order valence-electron chi connectivity index (χ1n) is 19.5. The Labute approximate surface area is 329 Å².